The lowest BCUT2D eigenvalue weighted by Crippen LogP contribution is -2.48. The van der Waals surface area contributed by atoms with Gasteiger partial charge in [-0.15, -0.1) is 0 Å². The summed E-state index contributed by atoms with van der Waals surface area (Å²) < 4.78 is 0. The molecule has 0 saturated carbocycles. The van der Waals surface area contributed by atoms with Gasteiger partial charge in [-0.3, -0.25) is 5.43 Å². The average Bonchev–Trinajstić information content (AvgIpc) is 2.19. The van der Waals surface area contributed by atoms with Gasteiger partial charge in [-0.1, -0.05) is 13.3 Å². The normalized spacial score (nSPS) is 24.9. The molecule has 1 atom stereocenters. The first-order valence-electron chi connectivity index (χ1n) is 5.58. The van der Waals surface area contributed by atoms with Crippen molar-refractivity contribution in [1.82, 2.24) is 10.4 Å². The highest BCUT2D eigenvalue weighted by molar-refractivity contribution is 4.72. The Morgan fingerprint density at radius 3 is 3.00 bits per heavy atom. The molecule has 0 aromatic heterocycles. The Bertz CT molecular complexity index is 127. The van der Waals surface area contributed by atoms with Gasteiger partial charge in [-0.05, 0) is 32.2 Å². The van der Waals surface area contributed by atoms with E-state index in [4.69, 9.17) is 5.73 Å². The molecule has 0 spiro atoms. The minimum absolute atomic E-state index is 0.756. The van der Waals surface area contributed by atoms with E-state index < -0.39 is 0 Å². The van der Waals surface area contributed by atoms with E-state index in [-0.39, 0.29) is 0 Å². The van der Waals surface area contributed by atoms with Crippen LogP contribution in [0, 0.1) is 0 Å². The fourth-order valence-corrected chi connectivity index (χ4v) is 1.96. The van der Waals surface area contributed by atoms with Crippen LogP contribution in [0.3, 0.4) is 0 Å². The molecule has 1 rings (SSSR count). The molecular formula is C10H23N3. The van der Waals surface area contributed by atoms with Crippen LogP contribution in [0.15, 0.2) is 0 Å². The van der Waals surface area contributed by atoms with Crippen molar-refractivity contribution < 1.29 is 0 Å². The molecule has 0 radical (unpaired) electrons. The Labute approximate surface area is 81.6 Å². The summed E-state index contributed by atoms with van der Waals surface area (Å²) in [6.45, 7) is 5.31. The van der Waals surface area contributed by atoms with Crippen molar-refractivity contribution in [2.24, 2.45) is 5.73 Å². The van der Waals surface area contributed by atoms with Gasteiger partial charge in [0.15, 0.2) is 0 Å². The Kier molecular flexibility index (Phi) is 5.35. The predicted molar refractivity (Wildman–Crippen MR) is 56.3 cm³/mol. The fourth-order valence-electron chi connectivity index (χ4n) is 1.96. The quantitative estimate of drug-likeness (QED) is 0.630. The van der Waals surface area contributed by atoms with Crippen LogP contribution in [0.25, 0.3) is 0 Å². The lowest BCUT2D eigenvalue weighted by Gasteiger charge is -2.35. The molecule has 0 aromatic rings. The zero-order valence-electron chi connectivity index (χ0n) is 8.76. The van der Waals surface area contributed by atoms with Gasteiger partial charge in [-0.2, -0.15) is 0 Å². The smallest absolute Gasteiger partial charge is 0.0240 e. The first-order chi connectivity index (χ1) is 6.38. The Morgan fingerprint density at radius 1 is 1.46 bits per heavy atom. The van der Waals surface area contributed by atoms with Crippen LogP contribution in [0.2, 0.25) is 0 Å². The van der Waals surface area contributed by atoms with Crippen LogP contribution in [-0.2, 0) is 0 Å². The molecule has 0 aromatic carbocycles. The number of nitrogens with one attached hydrogen (secondary N) is 1. The zero-order valence-corrected chi connectivity index (χ0v) is 8.76. The first-order valence-corrected chi connectivity index (χ1v) is 5.58. The van der Waals surface area contributed by atoms with Crippen molar-refractivity contribution in [3.05, 3.63) is 0 Å². The minimum atomic E-state index is 0.756. The van der Waals surface area contributed by atoms with Crippen molar-refractivity contribution in [3.8, 4) is 0 Å². The molecule has 78 valence electrons. The van der Waals surface area contributed by atoms with E-state index in [9.17, 15) is 0 Å². The first kappa shape index (κ1) is 11.0. The monoisotopic (exact) mass is 185 g/mol. The van der Waals surface area contributed by atoms with Gasteiger partial charge in [0.25, 0.3) is 0 Å². The van der Waals surface area contributed by atoms with Crippen molar-refractivity contribution in [2.75, 3.05) is 19.6 Å². The number of nitrogens with two attached hydrogens (primary N) is 1. The highest BCUT2D eigenvalue weighted by Gasteiger charge is 2.19. The van der Waals surface area contributed by atoms with Crippen LogP contribution < -0.4 is 11.2 Å². The number of rotatable bonds is 5. The Morgan fingerprint density at radius 2 is 2.31 bits per heavy atom. The summed E-state index contributed by atoms with van der Waals surface area (Å²) in [5.41, 5.74) is 8.93. The second kappa shape index (κ2) is 6.35. The number of hydrazine groups is 1. The molecule has 1 unspecified atom stereocenters. The molecule has 1 aliphatic heterocycles. The van der Waals surface area contributed by atoms with E-state index in [0.717, 1.165) is 25.6 Å². The molecular weight excluding hydrogens is 162 g/mol. The van der Waals surface area contributed by atoms with E-state index in [0.29, 0.717) is 0 Å². The van der Waals surface area contributed by atoms with Gasteiger partial charge >= 0.3 is 0 Å². The third kappa shape index (κ3) is 3.63. The summed E-state index contributed by atoms with van der Waals surface area (Å²) in [6.07, 6.45) is 6.42. The van der Waals surface area contributed by atoms with Crippen molar-refractivity contribution in [3.63, 3.8) is 0 Å². The summed E-state index contributed by atoms with van der Waals surface area (Å²) in [5.74, 6) is 0. The van der Waals surface area contributed by atoms with Crippen molar-refractivity contribution >= 4 is 0 Å². The molecule has 1 fully saturated rings. The molecule has 0 amide bonds. The van der Waals surface area contributed by atoms with Crippen LogP contribution in [-0.4, -0.2) is 30.7 Å². The number of hydrogen-bond acceptors (Lipinski definition) is 3. The van der Waals surface area contributed by atoms with Crippen molar-refractivity contribution in [2.45, 2.75) is 45.1 Å². The van der Waals surface area contributed by atoms with E-state index in [1.54, 1.807) is 0 Å². The Balaban J connectivity index is 2.19. The average molecular weight is 185 g/mol. The number of piperidine rings is 1. The van der Waals surface area contributed by atoms with Gasteiger partial charge in [-0.25, -0.2) is 5.01 Å². The minimum Gasteiger partial charge on any atom is -0.330 e. The van der Waals surface area contributed by atoms with Gasteiger partial charge in [0.2, 0.25) is 0 Å². The molecule has 0 aliphatic carbocycles. The highest BCUT2D eigenvalue weighted by Crippen LogP contribution is 2.16. The third-order valence-corrected chi connectivity index (χ3v) is 2.79. The van der Waals surface area contributed by atoms with Crippen molar-refractivity contribution in [1.29, 1.82) is 0 Å². The zero-order chi connectivity index (χ0) is 9.52. The third-order valence-electron chi connectivity index (χ3n) is 2.79. The second-order valence-corrected chi connectivity index (χ2v) is 3.80. The van der Waals surface area contributed by atoms with Crippen LogP contribution in [0.4, 0.5) is 0 Å². The standard InChI is InChI=1S/C10H23N3/c1-2-10-6-3-4-9-13(10)12-8-5-7-11/h10,12H,2-9,11H2,1H3. The summed E-state index contributed by atoms with van der Waals surface area (Å²) in [6, 6.07) is 0.756. The van der Waals surface area contributed by atoms with E-state index in [1.807, 2.05) is 0 Å². The van der Waals surface area contributed by atoms with Gasteiger partial charge < -0.3 is 5.73 Å². The molecule has 1 heterocycles. The summed E-state index contributed by atoms with van der Waals surface area (Å²) in [4.78, 5) is 0. The molecule has 13 heavy (non-hydrogen) atoms. The second-order valence-electron chi connectivity index (χ2n) is 3.80. The van der Waals surface area contributed by atoms with Crippen LogP contribution in [0.5, 0.6) is 0 Å². The SMILES string of the molecule is CCC1CCCCN1NCCCN. The lowest BCUT2D eigenvalue weighted by atomic mass is 10.0. The van der Waals surface area contributed by atoms with Gasteiger partial charge in [0.1, 0.15) is 0 Å². The fraction of sp³-hybridized carbons (Fsp3) is 1.00. The summed E-state index contributed by atoms with van der Waals surface area (Å²) in [5, 5.41) is 2.42. The maximum absolute atomic E-state index is 5.45. The topological polar surface area (TPSA) is 41.3 Å². The molecule has 1 aliphatic rings. The molecule has 3 N–H and O–H groups in total. The number of nitrogens with zero attached hydrogens (tertiary/aromatic N) is 1. The summed E-state index contributed by atoms with van der Waals surface area (Å²) in [7, 11) is 0. The lowest BCUT2D eigenvalue weighted by molar-refractivity contribution is 0.0833. The summed E-state index contributed by atoms with van der Waals surface area (Å²) >= 11 is 0. The van der Waals surface area contributed by atoms with E-state index >= 15 is 0 Å². The molecule has 1 saturated heterocycles. The Hall–Kier alpha value is -0.120. The van der Waals surface area contributed by atoms with Crippen LogP contribution >= 0.6 is 0 Å². The molecule has 3 nitrogen and oxygen atoms in total. The maximum atomic E-state index is 5.45. The largest absolute Gasteiger partial charge is 0.330 e. The van der Waals surface area contributed by atoms with E-state index in [1.165, 1.54) is 32.2 Å². The maximum Gasteiger partial charge on any atom is 0.0240 e. The predicted octanol–water partition coefficient (Wildman–Crippen LogP) is 1.10. The molecule has 3 heteroatoms. The molecule has 0 bridgehead atoms. The number of hydrogen-bond donors (Lipinski definition) is 2. The highest BCUT2D eigenvalue weighted by atomic mass is 15.5. The van der Waals surface area contributed by atoms with E-state index in [2.05, 4.69) is 17.4 Å². The van der Waals surface area contributed by atoms with Gasteiger partial charge in [0, 0.05) is 19.1 Å². The van der Waals surface area contributed by atoms with Crippen LogP contribution in [0.1, 0.15) is 39.0 Å². The van der Waals surface area contributed by atoms with Gasteiger partial charge in [0.05, 0.1) is 0 Å².